The van der Waals surface area contributed by atoms with Crippen molar-refractivity contribution in [3.05, 3.63) is 0 Å². The van der Waals surface area contributed by atoms with Crippen LogP contribution in [0.25, 0.3) is 0 Å². The quantitative estimate of drug-likeness (QED) is 0.522. The zero-order chi connectivity index (χ0) is 0. The zero-order valence-electron chi connectivity index (χ0n) is 2.43. The van der Waals surface area contributed by atoms with Gasteiger partial charge in [0.05, 0.1) is 0 Å². The zero-order valence-corrected chi connectivity index (χ0v) is 9.05. The Labute approximate surface area is 101 Å². The van der Waals surface area contributed by atoms with Crippen LogP contribution in [0.2, 0.25) is 0 Å². The molecule has 0 amide bonds. The van der Waals surface area contributed by atoms with Crippen molar-refractivity contribution >= 4 is 45.5 Å². The van der Waals surface area contributed by atoms with Gasteiger partial charge >= 0.3 is 87.2 Å². The first-order valence-electron chi connectivity index (χ1n) is 0. The van der Waals surface area contributed by atoms with E-state index in [1.165, 1.54) is 0 Å². The van der Waals surface area contributed by atoms with Crippen LogP contribution in [0.4, 0.5) is 0 Å². The monoisotopic (exact) mass is 276 g/mol. The van der Waals surface area contributed by atoms with E-state index in [4.69, 9.17) is 0 Å². The largest absolute Gasteiger partial charge is 4.00 e. The maximum Gasteiger partial charge on any atom is 4.00 e. The third-order valence-electron chi connectivity index (χ3n) is 0. The molecule has 0 aromatic heterocycles. The minimum absolute atomic E-state index is 0. The van der Waals surface area contributed by atoms with Crippen molar-refractivity contribution in [2.45, 2.75) is 0 Å². The van der Waals surface area contributed by atoms with Crippen LogP contribution in [0.3, 0.4) is 0 Å². The van der Waals surface area contributed by atoms with Gasteiger partial charge in [-0.05, 0) is 0 Å². The van der Waals surface area contributed by atoms with Gasteiger partial charge in [0.1, 0.15) is 0 Å². The Morgan fingerprint density at radius 3 is 0.600 bits per heavy atom. The van der Waals surface area contributed by atoms with Gasteiger partial charge in [-0.15, -0.1) is 0 Å². The van der Waals surface area contributed by atoms with E-state index in [0.717, 1.165) is 0 Å². The Morgan fingerprint density at radius 1 is 0.600 bits per heavy atom. The number of rotatable bonds is 0. The van der Waals surface area contributed by atoms with Gasteiger partial charge in [0.2, 0.25) is 0 Å². The van der Waals surface area contributed by atoms with Crippen LogP contribution in [0.5, 0.6) is 0 Å². The summed E-state index contributed by atoms with van der Waals surface area (Å²) >= 11 is 0. The Morgan fingerprint density at radius 2 is 0.600 bits per heavy atom. The van der Waals surface area contributed by atoms with Crippen molar-refractivity contribution in [3.8, 4) is 0 Å². The Hall–Kier alpha value is 2.74. The SMILES string of the molecule is [Ce+4].[O-2].[O-2].[O-2].[Sr+2]. The van der Waals surface area contributed by atoms with Crippen LogP contribution in [0.1, 0.15) is 0 Å². The Balaban J connectivity index is 0. The van der Waals surface area contributed by atoms with Gasteiger partial charge in [-0.25, -0.2) is 0 Å². The molecule has 0 atom stereocenters. The molecule has 0 N–H and O–H groups in total. The smallest absolute Gasteiger partial charge is 2.00 e. The fraction of sp³-hybridized carbons (Fsp3) is 0. The standard InChI is InChI=1S/Ce.3O.Sr/q+4;3*-2;+2. The average molecular weight is 276 g/mol. The van der Waals surface area contributed by atoms with Crippen LogP contribution >= 0.6 is 0 Å². The van der Waals surface area contributed by atoms with Gasteiger partial charge in [-0.3, -0.25) is 0 Å². The molecule has 5 heteroatoms. The van der Waals surface area contributed by atoms with Crippen LogP contribution < -0.4 is 0 Å². The van der Waals surface area contributed by atoms with Crippen LogP contribution in [-0.2, 0) is 16.4 Å². The molecule has 5 heavy (non-hydrogen) atoms. The summed E-state index contributed by atoms with van der Waals surface area (Å²) in [5.41, 5.74) is 0. The molecular weight excluding hydrogens is 276 g/mol. The predicted molar refractivity (Wildman–Crippen MR) is 7.81 cm³/mol. The minimum Gasteiger partial charge on any atom is -2.00 e. The van der Waals surface area contributed by atoms with Crippen molar-refractivity contribution in [2.24, 2.45) is 0 Å². The van der Waals surface area contributed by atoms with E-state index >= 15 is 0 Å². The molecule has 0 spiro atoms. The summed E-state index contributed by atoms with van der Waals surface area (Å²) in [6, 6.07) is 0. The molecular formula is CeO3Sr. The molecule has 0 aromatic rings. The van der Waals surface area contributed by atoms with E-state index in [9.17, 15) is 0 Å². The number of hydrogen-bond donors (Lipinski definition) is 0. The van der Waals surface area contributed by atoms with Crippen molar-refractivity contribution in [2.75, 3.05) is 0 Å². The van der Waals surface area contributed by atoms with Crippen molar-refractivity contribution in [1.82, 2.24) is 0 Å². The number of hydrogen-bond acceptors (Lipinski definition) is 0. The topological polar surface area (TPSA) is 85.5 Å². The molecule has 0 rings (SSSR count). The summed E-state index contributed by atoms with van der Waals surface area (Å²) in [6.07, 6.45) is 0. The Bertz CT molecular complexity index is 6.85. The van der Waals surface area contributed by atoms with Crippen molar-refractivity contribution in [3.63, 3.8) is 0 Å². The summed E-state index contributed by atoms with van der Waals surface area (Å²) in [4.78, 5) is 0. The fourth-order valence-corrected chi connectivity index (χ4v) is 0. The molecule has 0 saturated carbocycles. The molecule has 0 radical (unpaired) electrons. The van der Waals surface area contributed by atoms with Gasteiger partial charge in [-0.2, -0.15) is 0 Å². The van der Waals surface area contributed by atoms with Gasteiger partial charge in [-0.1, -0.05) is 0 Å². The molecule has 0 heterocycles. The van der Waals surface area contributed by atoms with Crippen LogP contribution in [0.15, 0.2) is 0 Å². The molecule has 24 valence electrons. The molecule has 0 saturated heterocycles. The van der Waals surface area contributed by atoms with Crippen LogP contribution in [0, 0.1) is 41.7 Å². The summed E-state index contributed by atoms with van der Waals surface area (Å²) in [6.45, 7) is 0. The molecule has 0 fully saturated rings. The summed E-state index contributed by atoms with van der Waals surface area (Å²) in [5.74, 6) is 0. The second-order valence-corrected chi connectivity index (χ2v) is 0. The van der Waals surface area contributed by atoms with E-state index in [0.29, 0.717) is 0 Å². The minimum atomic E-state index is 0. The van der Waals surface area contributed by atoms with Gasteiger partial charge < -0.3 is 16.4 Å². The van der Waals surface area contributed by atoms with E-state index < -0.39 is 0 Å². The van der Waals surface area contributed by atoms with Crippen molar-refractivity contribution < 1.29 is 58.2 Å². The molecule has 0 aliphatic rings. The molecule has 0 aromatic carbocycles. The molecule has 0 unspecified atom stereocenters. The summed E-state index contributed by atoms with van der Waals surface area (Å²) < 4.78 is 0. The van der Waals surface area contributed by atoms with E-state index in [-0.39, 0.29) is 104 Å². The summed E-state index contributed by atoms with van der Waals surface area (Å²) in [7, 11) is 0. The first kappa shape index (κ1) is 46.9. The second-order valence-electron chi connectivity index (χ2n) is 0. The first-order valence-corrected chi connectivity index (χ1v) is 0. The molecule has 0 bridgehead atoms. The van der Waals surface area contributed by atoms with E-state index in [2.05, 4.69) is 0 Å². The average Bonchev–Trinajstić information content (AvgIpc) is 0. The second kappa shape index (κ2) is 29.6. The first-order chi connectivity index (χ1) is 0. The normalized spacial score (nSPS) is 0. The third kappa shape index (κ3) is 20.2. The van der Waals surface area contributed by atoms with Gasteiger partial charge in [0, 0.05) is 0 Å². The molecule has 0 aliphatic carbocycles. The third-order valence-corrected chi connectivity index (χ3v) is 0. The van der Waals surface area contributed by atoms with E-state index in [1.807, 2.05) is 0 Å². The Kier molecular flexibility index (Phi) is 277. The van der Waals surface area contributed by atoms with Crippen molar-refractivity contribution in [1.29, 1.82) is 0 Å². The summed E-state index contributed by atoms with van der Waals surface area (Å²) in [5, 5.41) is 0. The molecule has 3 nitrogen and oxygen atoms in total. The van der Waals surface area contributed by atoms with Gasteiger partial charge in [0.25, 0.3) is 0 Å². The fourth-order valence-electron chi connectivity index (χ4n) is 0. The maximum atomic E-state index is 0. The maximum absolute atomic E-state index is 0. The van der Waals surface area contributed by atoms with Crippen LogP contribution in [-0.4, -0.2) is 45.5 Å². The van der Waals surface area contributed by atoms with Gasteiger partial charge in [0.15, 0.2) is 0 Å². The predicted octanol–water partition coefficient (Wildman–Crippen LogP) is -0.737. The molecule has 0 aliphatic heterocycles. The van der Waals surface area contributed by atoms with E-state index in [1.54, 1.807) is 0 Å².